The zero-order valence-electron chi connectivity index (χ0n) is 54.1. The van der Waals surface area contributed by atoms with Gasteiger partial charge in [0, 0.05) is 25.8 Å². The zero-order chi connectivity index (χ0) is 75.4. The maximum absolute atomic E-state index is 14.5. The molecule has 1 fully saturated rings. The molecule has 0 aromatic heterocycles. The van der Waals surface area contributed by atoms with E-state index in [1.54, 1.807) is 13.8 Å². The van der Waals surface area contributed by atoms with Gasteiger partial charge in [-0.1, -0.05) is 38.1 Å². The molecule has 2 aromatic rings. The smallest absolute Gasteiger partial charge is 0.326 e. The van der Waals surface area contributed by atoms with E-state index in [2.05, 4.69) is 32.3 Å². The lowest BCUT2D eigenvalue weighted by molar-refractivity contribution is -0.403. The fourth-order valence-electron chi connectivity index (χ4n) is 9.85. The number of hydrogen-bond acceptors (Lipinski definition) is 21. The summed E-state index contributed by atoms with van der Waals surface area (Å²) < 4.78 is 0. The van der Waals surface area contributed by atoms with Crippen LogP contribution in [-0.4, -0.2) is 243 Å². The zero-order valence-corrected chi connectivity index (χ0v) is 54.1. The van der Waals surface area contributed by atoms with Gasteiger partial charge in [0.15, 0.2) is 6.04 Å². The van der Waals surface area contributed by atoms with Gasteiger partial charge in [-0.05, 0) is 73.9 Å². The summed E-state index contributed by atoms with van der Waals surface area (Å²) in [7, 11) is 0. The number of aliphatic hydroxyl groups is 1. The van der Waals surface area contributed by atoms with Gasteiger partial charge in [-0.2, -0.15) is 0 Å². The van der Waals surface area contributed by atoms with E-state index in [1.165, 1.54) is 48.5 Å². The Morgan fingerprint density at radius 3 is 1.36 bits per heavy atom. The number of aromatic hydroxyl groups is 2. The van der Waals surface area contributed by atoms with Crippen molar-refractivity contribution >= 4 is 107 Å². The van der Waals surface area contributed by atoms with Gasteiger partial charge in [-0.3, -0.25) is 81.5 Å². The van der Waals surface area contributed by atoms with Crippen LogP contribution in [-0.2, 0) is 99.1 Å². The minimum atomic E-state index is -2.26. The SMILES string of the molecule is CC(C)C[C@H](NC(=O)[C@@H](NC(=O)[C@H](Cc1ccc(O)cc1)NC(=O)[C@@H]1CCCN1C(=O)[C@H](CC(N)=O)NC(=O)[C@H](Cc1ccc(O)cc1)NC(=O)CNC(=O)[C@H](CC(=O)O)NC(=O)[C@H](CCC(=O)O)NC(=O)[C@H](CC(=O)O)NC(=O)[C@H](CC(=O)O)NC(=O)[C@@H]([NH3+])CC(=O)O)[C@@H](C)O)C(=O)O. The van der Waals surface area contributed by atoms with E-state index in [9.17, 15) is 127 Å². The summed E-state index contributed by atoms with van der Waals surface area (Å²) in [6, 6.07) is -9.94. The monoisotopic (exact) mass is 1420 g/mol. The van der Waals surface area contributed by atoms with Gasteiger partial charge in [0.1, 0.15) is 78.3 Å². The molecule has 1 aliphatic heterocycles. The number of nitrogens with one attached hydrogen (secondary N) is 10. The quantitative estimate of drug-likeness (QED) is 0.0294. The van der Waals surface area contributed by atoms with Crippen LogP contribution in [0.1, 0.15) is 96.1 Å². The molecule has 40 heteroatoms. The van der Waals surface area contributed by atoms with Gasteiger partial charge < -0.3 is 115 Å². The Hall–Kier alpha value is -11.6. The number of aliphatic hydroxyl groups excluding tert-OH is 1. The molecule has 1 saturated heterocycles. The van der Waals surface area contributed by atoms with Crippen LogP contribution in [0.3, 0.4) is 0 Å². The lowest BCUT2D eigenvalue weighted by Gasteiger charge is -2.31. The summed E-state index contributed by atoms with van der Waals surface area (Å²) in [5.41, 5.74) is 9.40. The van der Waals surface area contributed by atoms with Crippen LogP contribution < -0.4 is 64.6 Å². The molecule has 12 amide bonds. The number of benzene rings is 2. The summed E-state index contributed by atoms with van der Waals surface area (Å²) in [4.78, 5) is 235. The minimum absolute atomic E-state index is 0.0272. The molecular weight excluding hydrogens is 1330 g/mol. The Labute approximate surface area is 567 Å². The van der Waals surface area contributed by atoms with Crippen molar-refractivity contribution in [2.45, 2.75) is 170 Å². The molecule has 1 heterocycles. The lowest BCUT2D eigenvalue weighted by atomic mass is 10.0. The van der Waals surface area contributed by atoms with Crippen molar-refractivity contribution < 1.29 is 138 Å². The molecule has 1 aliphatic rings. The predicted molar refractivity (Wildman–Crippen MR) is 334 cm³/mol. The molecule has 0 radical (unpaired) electrons. The third-order valence-electron chi connectivity index (χ3n) is 14.8. The molecule has 3 rings (SSSR count). The summed E-state index contributed by atoms with van der Waals surface area (Å²) >= 11 is 0. The number of amides is 12. The number of quaternary nitrogens is 1. The average Bonchev–Trinajstić information content (AvgIpc) is 1.57. The van der Waals surface area contributed by atoms with Crippen LogP contribution in [0.5, 0.6) is 11.5 Å². The number of nitrogens with zero attached hydrogens (tertiary/aromatic N) is 1. The van der Waals surface area contributed by atoms with Crippen LogP contribution in [0.25, 0.3) is 0 Å². The van der Waals surface area contributed by atoms with Gasteiger partial charge in [-0.15, -0.1) is 0 Å². The highest BCUT2D eigenvalue weighted by atomic mass is 16.4. The van der Waals surface area contributed by atoms with Crippen LogP contribution >= 0.6 is 0 Å². The number of carbonyl (C=O) groups excluding carboxylic acids is 12. The number of likely N-dealkylation sites (tertiary alicyclic amines) is 1. The normalized spacial score (nSPS) is 15.8. The van der Waals surface area contributed by atoms with Crippen molar-refractivity contribution in [2.24, 2.45) is 11.7 Å². The van der Waals surface area contributed by atoms with E-state index < -0.39 is 237 Å². The Balaban J connectivity index is 1.90. The fourth-order valence-corrected chi connectivity index (χ4v) is 9.85. The fraction of sp³-hybridized carbons (Fsp3) is 0.500. The predicted octanol–water partition coefficient (Wildman–Crippen LogP) is -7.89. The van der Waals surface area contributed by atoms with Crippen molar-refractivity contribution in [3.8, 4) is 11.5 Å². The molecule has 0 bridgehead atoms. The second-order valence-corrected chi connectivity index (χ2v) is 23.6. The first kappa shape index (κ1) is 82.7. The Bertz CT molecular complexity index is 3370. The van der Waals surface area contributed by atoms with E-state index in [0.29, 0.717) is 5.56 Å². The number of carboxylic acid groups (broad SMARTS) is 6. The number of rotatable bonds is 42. The molecule has 548 valence electrons. The third-order valence-corrected chi connectivity index (χ3v) is 14.8. The molecule has 40 nitrogen and oxygen atoms in total. The van der Waals surface area contributed by atoms with Crippen molar-refractivity contribution in [2.75, 3.05) is 13.1 Å². The van der Waals surface area contributed by atoms with Crippen LogP contribution in [0, 0.1) is 5.92 Å². The van der Waals surface area contributed by atoms with Gasteiger partial charge in [0.05, 0.1) is 38.3 Å². The van der Waals surface area contributed by atoms with Crippen molar-refractivity contribution in [3.05, 3.63) is 59.7 Å². The number of phenols is 2. The van der Waals surface area contributed by atoms with Gasteiger partial charge >= 0.3 is 35.8 Å². The lowest BCUT2D eigenvalue weighted by Crippen LogP contribution is -2.69. The minimum Gasteiger partial charge on any atom is -0.508 e. The maximum atomic E-state index is 14.5. The average molecular weight is 1420 g/mol. The highest BCUT2D eigenvalue weighted by Gasteiger charge is 2.42. The van der Waals surface area contributed by atoms with Crippen LogP contribution in [0.4, 0.5) is 0 Å². The Morgan fingerprint density at radius 1 is 0.490 bits per heavy atom. The highest BCUT2D eigenvalue weighted by Crippen LogP contribution is 2.22. The number of nitrogens with two attached hydrogens (primary N) is 1. The summed E-state index contributed by atoms with van der Waals surface area (Å²) in [5.74, 6) is -25.8. The molecule has 2 aromatic carbocycles. The highest BCUT2D eigenvalue weighted by molar-refractivity contribution is 6.01. The van der Waals surface area contributed by atoms with E-state index >= 15 is 0 Å². The van der Waals surface area contributed by atoms with Crippen molar-refractivity contribution in [3.63, 3.8) is 0 Å². The molecule has 0 unspecified atom stereocenters. The second-order valence-electron chi connectivity index (χ2n) is 23.6. The number of carboxylic acids is 6. The third kappa shape index (κ3) is 28.6. The van der Waals surface area contributed by atoms with Crippen molar-refractivity contribution in [1.29, 1.82) is 0 Å². The first-order chi connectivity index (χ1) is 46.7. The number of aliphatic carboxylic acids is 6. The van der Waals surface area contributed by atoms with Gasteiger partial charge in [-0.25, -0.2) is 4.79 Å². The molecule has 24 N–H and O–H groups in total. The van der Waals surface area contributed by atoms with E-state index in [4.69, 9.17) is 10.8 Å². The van der Waals surface area contributed by atoms with Gasteiger partial charge in [0.25, 0.3) is 5.91 Å². The van der Waals surface area contributed by atoms with E-state index in [-0.39, 0.29) is 55.2 Å². The summed E-state index contributed by atoms with van der Waals surface area (Å²) in [6.07, 6.45) is -9.99. The molecule has 12 atom stereocenters. The molecule has 0 spiro atoms. The number of phenolic OH excluding ortho intramolecular Hbond substituents is 2. The first-order valence-corrected chi connectivity index (χ1v) is 30.7. The Kier molecular flexibility index (Phi) is 32.7. The first-order valence-electron chi connectivity index (χ1n) is 30.7. The van der Waals surface area contributed by atoms with Gasteiger partial charge in [0.2, 0.25) is 65.0 Å². The standard InChI is InChI=1S/C60H81N13O27/c1-26(2)17-40(60(99)100)71-58(97)49(27(3)74)72-56(95)35(19-29-8-12-31(76)13-9-29)69-57(96)41-5-4-16-73(41)59(98)39(21-42(62)77)70-53(92)34(18-28-6-10-30(75)11-7-28)64-43(78)25-63-51(90)36(22-46(83)84)67-52(91)33(14-15-44(79)80)65-54(93)38(24-48(87)88)68-55(94)37(23-47(85)86)66-50(89)32(61)20-45(81)82/h6-13,26-27,32-41,49,74-76H,4-5,14-25,61H2,1-3H3,(H2,62,77)(H,63,90)(H,64,78)(H,65,93)(H,66,89)(H,67,91)(H,68,94)(H,69,96)(H,70,92)(H,71,97)(H,72,95)(H,79,80)(H,81,82)(H,83,84)(H,85,86)(H,87,88)(H,99,100)/p+1/t27-,32+,33+,34+,35+,36+,37+,38+,39+,40+,41+,49+/m1/s1. The molecule has 100 heavy (non-hydrogen) atoms. The van der Waals surface area contributed by atoms with Crippen LogP contribution in [0.15, 0.2) is 48.5 Å². The van der Waals surface area contributed by atoms with Crippen LogP contribution in [0.2, 0.25) is 0 Å². The maximum Gasteiger partial charge on any atom is 0.326 e. The topological polar surface area (TPSA) is 667 Å². The Morgan fingerprint density at radius 2 is 0.910 bits per heavy atom. The van der Waals surface area contributed by atoms with Crippen molar-refractivity contribution in [1.82, 2.24) is 58.1 Å². The number of carbonyl (C=O) groups is 18. The summed E-state index contributed by atoms with van der Waals surface area (Å²) in [6.45, 7) is 3.16. The van der Waals surface area contributed by atoms with E-state index in [0.717, 1.165) is 11.8 Å². The number of hydrogen-bond donors (Lipinski definition) is 21. The summed E-state index contributed by atoms with van der Waals surface area (Å²) in [5, 5.41) is 109. The molecule has 0 aliphatic carbocycles. The second kappa shape index (κ2) is 39.6. The molecule has 0 saturated carbocycles. The number of primary amides is 1. The largest absolute Gasteiger partial charge is 0.508 e. The van der Waals surface area contributed by atoms with E-state index in [1.807, 2.05) is 26.6 Å². The molecular formula is C60H82N13O27+.